The lowest BCUT2D eigenvalue weighted by Gasteiger charge is -2.08. The van der Waals surface area contributed by atoms with Crippen molar-refractivity contribution in [2.24, 2.45) is 0 Å². The minimum Gasteiger partial charge on any atom is -0.464 e. The zero-order valence-corrected chi connectivity index (χ0v) is 15.3. The maximum Gasteiger partial charge on any atom is 0.253 e. The van der Waals surface area contributed by atoms with Gasteiger partial charge in [0.15, 0.2) is 0 Å². The van der Waals surface area contributed by atoms with Crippen molar-refractivity contribution in [3.63, 3.8) is 0 Å². The minimum absolute atomic E-state index is 0.148. The van der Waals surface area contributed by atoms with E-state index in [-0.39, 0.29) is 24.4 Å². The quantitative estimate of drug-likeness (QED) is 0.582. The van der Waals surface area contributed by atoms with E-state index in [9.17, 15) is 9.59 Å². The molecule has 5 nitrogen and oxygen atoms in total. The number of carbonyl (C=O) groups excluding carboxylic acids is 1. The summed E-state index contributed by atoms with van der Waals surface area (Å²) in [5.74, 6) is -0.148. The van der Waals surface area contributed by atoms with Crippen LogP contribution in [0.1, 0.15) is 22.4 Å². The molecule has 0 bridgehead atoms. The summed E-state index contributed by atoms with van der Waals surface area (Å²) < 4.78 is 5.64. The Morgan fingerprint density at radius 1 is 1.15 bits per heavy atom. The number of rotatable bonds is 4. The number of fused-ring (bicyclic) bond motifs is 3. The number of hydrogen-bond acceptors (Lipinski definition) is 3. The molecule has 0 radical (unpaired) electrons. The van der Waals surface area contributed by atoms with Crippen molar-refractivity contribution in [1.82, 2.24) is 10.3 Å². The lowest BCUT2D eigenvalue weighted by atomic mass is 10.0. The third-order valence-electron chi connectivity index (χ3n) is 4.85. The summed E-state index contributed by atoms with van der Waals surface area (Å²) in [5.41, 5.74) is 3.71. The third-order valence-corrected chi connectivity index (χ3v) is 4.85. The normalized spacial score (nSPS) is 11.2. The molecule has 0 spiro atoms. The maximum absolute atomic E-state index is 12.5. The second-order valence-electron chi connectivity index (χ2n) is 6.82. The van der Waals surface area contributed by atoms with Crippen LogP contribution in [0.4, 0.5) is 0 Å². The molecule has 0 aliphatic rings. The largest absolute Gasteiger partial charge is 0.464 e. The van der Waals surface area contributed by atoms with E-state index in [4.69, 9.17) is 4.42 Å². The molecule has 0 unspecified atom stereocenters. The molecule has 0 fully saturated rings. The van der Waals surface area contributed by atoms with Gasteiger partial charge in [-0.3, -0.25) is 9.59 Å². The lowest BCUT2D eigenvalue weighted by Crippen LogP contribution is -2.28. The third kappa shape index (κ3) is 3.24. The molecule has 5 heteroatoms. The number of aromatic amines is 1. The number of hydrogen-bond donors (Lipinski definition) is 2. The molecule has 0 aliphatic carbocycles. The highest BCUT2D eigenvalue weighted by molar-refractivity contribution is 6.08. The van der Waals surface area contributed by atoms with Gasteiger partial charge in [0.1, 0.15) is 5.58 Å². The Morgan fingerprint density at radius 3 is 2.78 bits per heavy atom. The Labute approximate surface area is 156 Å². The number of benzene rings is 2. The summed E-state index contributed by atoms with van der Waals surface area (Å²) >= 11 is 0. The average molecular weight is 360 g/mol. The summed E-state index contributed by atoms with van der Waals surface area (Å²) in [6.45, 7) is 3.92. The summed E-state index contributed by atoms with van der Waals surface area (Å²) in [7, 11) is 0. The molecule has 2 N–H and O–H groups in total. The van der Waals surface area contributed by atoms with Crippen LogP contribution in [-0.4, -0.2) is 10.9 Å². The molecule has 0 aliphatic heterocycles. The minimum atomic E-state index is -0.160. The van der Waals surface area contributed by atoms with Crippen LogP contribution < -0.4 is 10.9 Å². The number of pyridine rings is 1. The van der Waals surface area contributed by atoms with Crippen molar-refractivity contribution in [3.05, 3.63) is 81.5 Å². The van der Waals surface area contributed by atoms with Crippen LogP contribution in [0, 0.1) is 13.8 Å². The van der Waals surface area contributed by atoms with Gasteiger partial charge in [0.25, 0.3) is 5.56 Å². The van der Waals surface area contributed by atoms with Crippen LogP contribution in [0.2, 0.25) is 0 Å². The summed E-state index contributed by atoms with van der Waals surface area (Å²) in [4.78, 5) is 27.3. The Kier molecular flexibility index (Phi) is 4.28. The van der Waals surface area contributed by atoms with Crippen molar-refractivity contribution in [1.29, 1.82) is 0 Å². The summed E-state index contributed by atoms with van der Waals surface area (Å²) in [5, 5.41) is 5.99. The number of aromatic nitrogens is 1. The second-order valence-corrected chi connectivity index (χ2v) is 6.82. The number of furan rings is 1. The van der Waals surface area contributed by atoms with Gasteiger partial charge in [-0.1, -0.05) is 30.3 Å². The topological polar surface area (TPSA) is 75.1 Å². The number of aryl methyl sites for hydroxylation is 2. The molecule has 1 amide bonds. The molecule has 0 saturated carbocycles. The van der Waals surface area contributed by atoms with Gasteiger partial charge in [0, 0.05) is 28.8 Å². The number of carbonyl (C=O) groups is 1. The molecule has 2 heterocycles. The Bertz CT molecular complexity index is 1220. The second kappa shape index (κ2) is 6.76. The van der Waals surface area contributed by atoms with Crippen molar-refractivity contribution >= 4 is 27.6 Å². The Balaban J connectivity index is 1.57. The fraction of sp³-hybridized carbons (Fsp3) is 0.182. The molecule has 4 rings (SSSR count). The van der Waals surface area contributed by atoms with Gasteiger partial charge in [0.2, 0.25) is 5.91 Å². The molecule has 27 heavy (non-hydrogen) atoms. The van der Waals surface area contributed by atoms with Gasteiger partial charge in [-0.25, -0.2) is 0 Å². The fourth-order valence-electron chi connectivity index (χ4n) is 3.53. The van der Waals surface area contributed by atoms with E-state index in [0.29, 0.717) is 5.56 Å². The van der Waals surface area contributed by atoms with Crippen molar-refractivity contribution < 1.29 is 9.21 Å². The van der Waals surface area contributed by atoms with Crippen LogP contribution >= 0.6 is 0 Å². The Hall–Kier alpha value is -3.34. The standard InChI is InChI=1S/C22H20N2O3/c1-13-9-14(2)24-22(26)18(13)11-23-20(25)10-16-12-27-19-8-7-15-5-3-4-6-17(15)21(16)19/h3-9,12H,10-11H2,1-2H3,(H,23,25)(H,24,26). The molecule has 4 aromatic rings. The first-order chi connectivity index (χ1) is 13.0. The van der Waals surface area contributed by atoms with Gasteiger partial charge < -0.3 is 14.7 Å². The van der Waals surface area contributed by atoms with Gasteiger partial charge in [-0.15, -0.1) is 0 Å². The average Bonchev–Trinajstić information content (AvgIpc) is 3.04. The summed E-state index contributed by atoms with van der Waals surface area (Å²) in [6, 6.07) is 13.9. The SMILES string of the molecule is Cc1cc(C)c(CNC(=O)Cc2coc3ccc4ccccc4c23)c(=O)[nH]1. The monoisotopic (exact) mass is 360 g/mol. The molecular weight excluding hydrogens is 340 g/mol. The van der Waals surface area contributed by atoms with E-state index >= 15 is 0 Å². The van der Waals surface area contributed by atoms with Crippen LogP contribution in [-0.2, 0) is 17.8 Å². The first-order valence-corrected chi connectivity index (χ1v) is 8.87. The zero-order chi connectivity index (χ0) is 19.0. The van der Waals surface area contributed by atoms with Crippen LogP contribution in [0.3, 0.4) is 0 Å². The van der Waals surface area contributed by atoms with E-state index in [1.807, 2.05) is 56.3 Å². The van der Waals surface area contributed by atoms with Gasteiger partial charge in [0.05, 0.1) is 12.7 Å². The smallest absolute Gasteiger partial charge is 0.253 e. The number of nitrogens with one attached hydrogen (secondary N) is 2. The Morgan fingerprint density at radius 2 is 1.96 bits per heavy atom. The fourth-order valence-corrected chi connectivity index (χ4v) is 3.53. The molecule has 136 valence electrons. The first-order valence-electron chi connectivity index (χ1n) is 8.87. The lowest BCUT2D eigenvalue weighted by molar-refractivity contribution is -0.120. The van der Waals surface area contributed by atoms with Crippen LogP contribution in [0.5, 0.6) is 0 Å². The van der Waals surface area contributed by atoms with Gasteiger partial charge >= 0.3 is 0 Å². The van der Waals surface area contributed by atoms with E-state index in [2.05, 4.69) is 10.3 Å². The van der Waals surface area contributed by atoms with E-state index in [1.54, 1.807) is 6.26 Å². The van der Waals surface area contributed by atoms with E-state index in [0.717, 1.165) is 38.6 Å². The van der Waals surface area contributed by atoms with Crippen LogP contribution in [0.25, 0.3) is 21.7 Å². The molecule has 0 saturated heterocycles. The number of amides is 1. The van der Waals surface area contributed by atoms with E-state index < -0.39 is 0 Å². The van der Waals surface area contributed by atoms with Crippen molar-refractivity contribution in [2.45, 2.75) is 26.8 Å². The van der Waals surface area contributed by atoms with E-state index in [1.165, 1.54) is 0 Å². The molecule has 2 aromatic heterocycles. The molecule has 0 atom stereocenters. The predicted molar refractivity (Wildman–Crippen MR) is 106 cm³/mol. The van der Waals surface area contributed by atoms with Gasteiger partial charge in [-0.05, 0) is 42.3 Å². The molecular formula is C22H20N2O3. The first kappa shape index (κ1) is 17.1. The highest BCUT2D eigenvalue weighted by atomic mass is 16.3. The molecule has 2 aromatic carbocycles. The number of H-pyrrole nitrogens is 1. The highest BCUT2D eigenvalue weighted by Gasteiger charge is 2.14. The van der Waals surface area contributed by atoms with Crippen molar-refractivity contribution in [3.8, 4) is 0 Å². The van der Waals surface area contributed by atoms with Gasteiger partial charge in [-0.2, -0.15) is 0 Å². The maximum atomic E-state index is 12.5. The summed E-state index contributed by atoms with van der Waals surface area (Å²) in [6.07, 6.45) is 1.84. The zero-order valence-electron chi connectivity index (χ0n) is 15.3. The van der Waals surface area contributed by atoms with Crippen LogP contribution in [0.15, 0.2) is 57.9 Å². The highest BCUT2D eigenvalue weighted by Crippen LogP contribution is 2.30. The predicted octanol–water partition coefficient (Wildman–Crippen LogP) is 3.75. The van der Waals surface area contributed by atoms with Crippen molar-refractivity contribution in [2.75, 3.05) is 0 Å².